The summed E-state index contributed by atoms with van der Waals surface area (Å²) in [5.41, 5.74) is 5.82. The van der Waals surface area contributed by atoms with E-state index in [1.807, 2.05) is 55.5 Å². The molecule has 0 unspecified atom stereocenters. The number of hydrazone groups is 1. The second-order valence-corrected chi connectivity index (χ2v) is 5.81. The third-order valence-corrected chi connectivity index (χ3v) is 3.89. The van der Waals surface area contributed by atoms with Gasteiger partial charge >= 0.3 is 0 Å². The van der Waals surface area contributed by atoms with E-state index in [1.54, 1.807) is 6.20 Å². The lowest BCUT2D eigenvalue weighted by molar-refractivity contribution is 0.0956. The highest BCUT2D eigenvalue weighted by Gasteiger charge is 2.11. The second-order valence-electron chi connectivity index (χ2n) is 4.90. The van der Waals surface area contributed by atoms with Gasteiger partial charge in [0.2, 0.25) is 0 Å². The lowest BCUT2D eigenvalue weighted by Gasteiger charge is -2.03. The van der Waals surface area contributed by atoms with Crippen LogP contribution < -0.4 is 5.43 Å². The Hall–Kier alpha value is -2.40. The molecular weight excluding hydrogens is 342 g/mol. The van der Waals surface area contributed by atoms with Gasteiger partial charge < -0.3 is 4.98 Å². The lowest BCUT2D eigenvalue weighted by Crippen LogP contribution is -2.19. The number of halogens is 1. The Bertz CT molecular complexity index is 867. The number of H-pyrrole nitrogens is 1. The van der Waals surface area contributed by atoms with Crippen molar-refractivity contribution in [3.8, 4) is 0 Å². The monoisotopic (exact) mass is 355 g/mol. The molecule has 5 heteroatoms. The van der Waals surface area contributed by atoms with Gasteiger partial charge in [0.1, 0.15) is 0 Å². The van der Waals surface area contributed by atoms with Crippen LogP contribution in [0.5, 0.6) is 0 Å². The van der Waals surface area contributed by atoms with Crippen molar-refractivity contribution in [3.05, 3.63) is 70.3 Å². The van der Waals surface area contributed by atoms with E-state index in [0.29, 0.717) is 5.56 Å². The number of fused-ring (bicyclic) bond motifs is 1. The maximum Gasteiger partial charge on any atom is 0.273 e. The minimum absolute atomic E-state index is 0.230. The van der Waals surface area contributed by atoms with Gasteiger partial charge in [0.15, 0.2) is 0 Å². The van der Waals surface area contributed by atoms with E-state index in [-0.39, 0.29) is 5.91 Å². The van der Waals surface area contributed by atoms with Crippen LogP contribution in [0.1, 0.15) is 22.8 Å². The third-order valence-electron chi connectivity index (χ3n) is 3.40. The molecule has 1 heterocycles. The zero-order chi connectivity index (χ0) is 15.5. The predicted molar refractivity (Wildman–Crippen MR) is 92.1 cm³/mol. The molecule has 3 rings (SSSR count). The fraction of sp³-hybridized carbons (Fsp3) is 0.0588. The number of amides is 1. The number of para-hydroxylation sites is 1. The van der Waals surface area contributed by atoms with Crippen LogP contribution in [0.25, 0.3) is 10.9 Å². The largest absolute Gasteiger partial charge is 0.360 e. The quantitative estimate of drug-likeness (QED) is 0.539. The summed E-state index contributed by atoms with van der Waals surface area (Å²) in [6.07, 6.45) is 1.70. The molecule has 0 fully saturated rings. The molecule has 2 N–H and O–H groups in total. The molecule has 0 atom stereocenters. The highest BCUT2D eigenvalue weighted by atomic mass is 79.9. The van der Waals surface area contributed by atoms with Gasteiger partial charge in [-0.2, -0.15) is 5.10 Å². The number of aromatic amines is 1. The molecule has 0 aliphatic heterocycles. The first-order valence-electron chi connectivity index (χ1n) is 6.82. The molecule has 0 radical (unpaired) electrons. The first kappa shape index (κ1) is 14.5. The Kier molecular flexibility index (Phi) is 4.06. The number of hydrogen-bond acceptors (Lipinski definition) is 2. The molecule has 0 saturated carbocycles. The Balaban J connectivity index is 1.81. The Morgan fingerprint density at radius 1 is 1.18 bits per heavy atom. The average molecular weight is 356 g/mol. The van der Waals surface area contributed by atoms with Crippen LogP contribution in [-0.2, 0) is 0 Å². The minimum atomic E-state index is -0.230. The first-order chi connectivity index (χ1) is 10.6. The average Bonchev–Trinajstić information content (AvgIpc) is 2.96. The van der Waals surface area contributed by atoms with Gasteiger partial charge in [-0.3, -0.25) is 4.79 Å². The fourth-order valence-electron chi connectivity index (χ4n) is 2.23. The van der Waals surface area contributed by atoms with Crippen LogP contribution in [0.4, 0.5) is 0 Å². The summed E-state index contributed by atoms with van der Waals surface area (Å²) in [5, 5.41) is 5.07. The maximum absolute atomic E-state index is 12.3. The minimum Gasteiger partial charge on any atom is -0.360 e. The predicted octanol–water partition coefficient (Wildman–Crippen LogP) is 4.08. The third kappa shape index (κ3) is 2.94. The van der Waals surface area contributed by atoms with E-state index in [1.165, 1.54) is 0 Å². The van der Waals surface area contributed by atoms with E-state index in [0.717, 1.165) is 26.7 Å². The number of rotatable bonds is 3. The zero-order valence-corrected chi connectivity index (χ0v) is 13.5. The summed E-state index contributed by atoms with van der Waals surface area (Å²) in [5.74, 6) is -0.230. The van der Waals surface area contributed by atoms with Crippen LogP contribution in [0, 0.1) is 0 Å². The molecule has 110 valence electrons. The standard InChI is InChI=1S/C17H14BrN3O/c1-11(12-5-4-6-13(18)9-12)20-21-17(22)15-10-19-16-8-3-2-7-14(15)16/h2-10,19H,1H3,(H,21,22)/b20-11-. The Labute approximate surface area is 136 Å². The molecule has 4 nitrogen and oxygen atoms in total. The van der Waals surface area contributed by atoms with Crippen molar-refractivity contribution in [2.45, 2.75) is 6.92 Å². The van der Waals surface area contributed by atoms with E-state index in [2.05, 4.69) is 31.4 Å². The summed E-state index contributed by atoms with van der Waals surface area (Å²) < 4.78 is 0.975. The molecule has 22 heavy (non-hydrogen) atoms. The van der Waals surface area contributed by atoms with Gasteiger partial charge in [-0.25, -0.2) is 5.43 Å². The van der Waals surface area contributed by atoms with E-state index < -0.39 is 0 Å². The van der Waals surface area contributed by atoms with Crippen molar-refractivity contribution < 1.29 is 4.79 Å². The second kappa shape index (κ2) is 6.15. The Morgan fingerprint density at radius 2 is 2.00 bits per heavy atom. The topological polar surface area (TPSA) is 57.2 Å². The summed E-state index contributed by atoms with van der Waals surface area (Å²) in [6, 6.07) is 15.5. The number of nitrogens with zero attached hydrogens (tertiary/aromatic N) is 1. The smallest absolute Gasteiger partial charge is 0.273 e. The van der Waals surface area contributed by atoms with Gasteiger partial charge in [-0.05, 0) is 30.7 Å². The molecule has 0 bridgehead atoms. The van der Waals surface area contributed by atoms with Crippen molar-refractivity contribution in [1.82, 2.24) is 10.4 Å². The number of hydrogen-bond donors (Lipinski definition) is 2. The molecule has 0 aliphatic carbocycles. The molecule has 2 aromatic carbocycles. The number of nitrogens with one attached hydrogen (secondary N) is 2. The molecule has 0 spiro atoms. The highest BCUT2D eigenvalue weighted by Crippen LogP contribution is 2.17. The SMILES string of the molecule is C/C(=N/NC(=O)c1c[nH]c2ccccc12)c1cccc(Br)c1. The van der Waals surface area contributed by atoms with Crippen molar-refractivity contribution in [2.75, 3.05) is 0 Å². The first-order valence-corrected chi connectivity index (χ1v) is 7.61. The van der Waals surface area contributed by atoms with Gasteiger partial charge in [0.05, 0.1) is 11.3 Å². The number of aromatic nitrogens is 1. The Morgan fingerprint density at radius 3 is 2.82 bits per heavy atom. The van der Waals surface area contributed by atoms with Crippen LogP contribution in [0.2, 0.25) is 0 Å². The lowest BCUT2D eigenvalue weighted by atomic mass is 10.1. The van der Waals surface area contributed by atoms with Crippen molar-refractivity contribution in [3.63, 3.8) is 0 Å². The molecule has 1 aromatic heterocycles. The van der Waals surface area contributed by atoms with Gasteiger partial charge in [0, 0.05) is 21.6 Å². The number of carbonyl (C=O) groups excluding carboxylic acids is 1. The van der Waals surface area contributed by atoms with Crippen LogP contribution in [-0.4, -0.2) is 16.6 Å². The van der Waals surface area contributed by atoms with Gasteiger partial charge in [-0.1, -0.05) is 46.3 Å². The zero-order valence-electron chi connectivity index (χ0n) is 11.9. The van der Waals surface area contributed by atoms with Crippen LogP contribution in [0.15, 0.2) is 64.3 Å². The number of carbonyl (C=O) groups is 1. The van der Waals surface area contributed by atoms with E-state index >= 15 is 0 Å². The summed E-state index contributed by atoms with van der Waals surface area (Å²) >= 11 is 3.42. The normalized spacial score (nSPS) is 11.6. The van der Waals surface area contributed by atoms with E-state index in [4.69, 9.17) is 0 Å². The van der Waals surface area contributed by atoms with Crippen molar-refractivity contribution in [1.29, 1.82) is 0 Å². The fourth-order valence-corrected chi connectivity index (χ4v) is 2.63. The maximum atomic E-state index is 12.3. The number of benzene rings is 2. The van der Waals surface area contributed by atoms with Crippen molar-refractivity contribution in [2.24, 2.45) is 5.10 Å². The molecule has 0 saturated heterocycles. The summed E-state index contributed by atoms with van der Waals surface area (Å²) in [6.45, 7) is 1.86. The summed E-state index contributed by atoms with van der Waals surface area (Å²) in [7, 11) is 0. The van der Waals surface area contributed by atoms with E-state index in [9.17, 15) is 4.79 Å². The van der Waals surface area contributed by atoms with Crippen molar-refractivity contribution >= 4 is 38.5 Å². The molecule has 1 amide bonds. The molecular formula is C17H14BrN3O. The highest BCUT2D eigenvalue weighted by molar-refractivity contribution is 9.10. The van der Waals surface area contributed by atoms with Crippen LogP contribution >= 0.6 is 15.9 Å². The van der Waals surface area contributed by atoms with Gasteiger partial charge in [0.25, 0.3) is 5.91 Å². The summed E-state index contributed by atoms with van der Waals surface area (Å²) in [4.78, 5) is 15.4. The van der Waals surface area contributed by atoms with Crippen LogP contribution in [0.3, 0.4) is 0 Å². The van der Waals surface area contributed by atoms with Gasteiger partial charge in [-0.15, -0.1) is 0 Å². The molecule has 0 aliphatic rings. The molecule has 3 aromatic rings.